The Morgan fingerprint density at radius 2 is 1.81 bits per heavy atom. The smallest absolute Gasteiger partial charge is 0.410 e. The quantitative estimate of drug-likeness (QED) is 0.911. The number of piperidine rings is 1. The van der Waals surface area contributed by atoms with E-state index < -0.39 is 0 Å². The van der Waals surface area contributed by atoms with Crippen LogP contribution in [-0.2, 0) is 16.8 Å². The Bertz CT molecular complexity index is 468. The molecule has 1 heterocycles. The fraction of sp³-hybridized carbons (Fsp3) is 0.588. The molecule has 21 heavy (non-hydrogen) atoms. The lowest BCUT2D eigenvalue weighted by Crippen LogP contribution is -2.40. The number of benzene rings is 1. The van der Waals surface area contributed by atoms with Crippen molar-refractivity contribution in [1.82, 2.24) is 4.90 Å². The third-order valence-electron chi connectivity index (χ3n) is 3.90. The third kappa shape index (κ3) is 4.46. The van der Waals surface area contributed by atoms with E-state index in [-0.39, 0.29) is 17.6 Å². The maximum Gasteiger partial charge on any atom is 0.410 e. The van der Waals surface area contributed by atoms with Gasteiger partial charge in [-0.05, 0) is 29.4 Å². The Morgan fingerprint density at radius 3 is 2.33 bits per heavy atom. The highest BCUT2D eigenvalue weighted by atomic mass is 16.6. The third-order valence-corrected chi connectivity index (χ3v) is 3.90. The van der Waals surface area contributed by atoms with E-state index in [0.29, 0.717) is 32.5 Å². The summed E-state index contributed by atoms with van der Waals surface area (Å²) in [4.78, 5) is 13.6. The molecule has 0 bridgehead atoms. The van der Waals surface area contributed by atoms with Crippen LogP contribution in [0.2, 0.25) is 0 Å². The summed E-state index contributed by atoms with van der Waals surface area (Å²) in [5.74, 6) is 0. The van der Waals surface area contributed by atoms with Crippen LogP contribution in [0.15, 0.2) is 24.3 Å². The summed E-state index contributed by atoms with van der Waals surface area (Å²) in [5.41, 5.74) is 2.39. The van der Waals surface area contributed by atoms with Crippen molar-refractivity contribution in [2.45, 2.75) is 51.7 Å². The molecule has 1 N–H and O–H groups in total. The number of aliphatic hydroxyl groups excluding tert-OH is 1. The minimum atomic E-state index is -0.290. The van der Waals surface area contributed by atoms with E-state index in [1.54, 1.807) is 4.90 Å². The van der Waals surface area contributed by atoms with Gasteiger partial charge in [0, 0.05) is 13.1 Å². The molecule has 1 saturated heterocycles. The second kappa shape index (κ2) is 6.48. The summed E-state index contributed by atoms with van der Waals surface area (Å²) in [6, 6.07) is 8.18. The Morgan fingerprint density at radius 1 is 1.24 bits per heavy atom. The molecular formula is C17H25NO3. The van der Waals surface area contributed by atoms with E-state index >= 15 is 0 Å². The molecule has 1 fully saturated rings. The number of carbonyl (C=O) groups excluding carboxylic acids is 1. The van der Waals surface area contributed by atoms with Crippen LogP contribution in [0, 0.1) is 0 Å². The second-order valence-electron chi connectivity index (χ2n) is 6.72. The number of likely N-dealkylation sites (tertiary alicyclic amines) is 1. The van der Waals surface area contributed by atoms with Gasteiger partial charge in [-0.2, -0.15) is 0 Å². The average Bonchev–Trinajstić information content (AvgIpc) is 2.45. The maximum atomic E-state index is 11.9. The molecule has 2 rings (SSSR count). The summed E-state index contributed by atoms with van der Waals surface area (Å²) < 4.78 is 5.33. The molecule has 116 valence electrons. The highest BCUT2D eigenvalue weighted by molar-refractivity contribution is 5.67. The van der Waals surface area contributed by atoms with Gasteiger partial charge in [0.2, 0.25) is 0 Å². The van der Waals surface area contributed by atoms with Gasteiger partial charge in [-0.25, -0.2) is 4.79 Å². The predicted molar refractivity (Wildman–Crippen MR) is 82.1 cm³/mol. The highest BCUT2D eigenvalue weighted by Gasteiger charge is 2.22. The molecule has 4 nitrogen and oxygen atoms in total. The number of amides is 1. The fourth-order valence-electron chi connectivity index (χ4n) is 2.39. The molecule has 1 aromatic carbocycles. The Kier molecular flexibility index (Phi) is 4.88. The number of hydrogen-bond acceptors (Lipinski definition) is 3. The van der Waals surface area contributed by atoms with Crippen LogP contribution in [0.25, 0.3) is 0 Å². The van der Waals surface area contributed by atoms with Gasteiger partial charge in [0.15, 0.2) is 0 Å². The van der Waals surface area contributed by atoms with Crippen LogP contribution in [0.1, 0.15) is 44.7 Å². The first kappa shape index (κ1) is 15.8. The molecule has 0 aromatic heterocycles. The molecule has 0 spiro atoms. The van der Waals surface area contributed by atoms with Gasteiger partial charge in [0.1, 0.15) is 6.61 Å². The summed E-state index contributed by atoms with van der Waals surface area (Å²) in [6.45, 7) is 7.96. The second-order valence-corrected chi connectivity index (χ2v) is 6.72. The topological polar surface area (TPSA) is 49.8 Å². The van der Waals surface area contributed by atoms with Gasteiger partial charge in [-0.1, -0.05) is 45.0 Å². The first-order chi connectivity index (χ1) is 9.86. The molecule has 0 aliphatic carbocycles. The SMILES string of the molecule is CC(C)(C)c1ccc(COC(=O)N2CCC(O)CC2)cc1. The molecule has 0 radical (unpaired) electrons. The van der Waals surface area contributed by atoms with Crippen LogP contribution in [0.4, 0.5) is 4.79 Å². The monoisotopic (exact) mass is 291 g/mol. The van der Waals surface area contributed by atoms with Gasteiger partial charge in [0.25, 0.3) is 0 Å². The molecule has 0 saturated carbocycles. The van der Waals surface area contributed by atoms with Crippen LogP contribution < -0.4 is 0 Å². The summed E-state index contributed by atoms with van der Waals surface area (Å²) in [5, 5.41) is 9.43. The summed E-state index contributed by atoms with van der Waals surface area (Å²) >= 11 is 0. The highest BCUT2D eigenvalue weighted by Crippen LogP contribution is 2.22. The van der Waals surface area contributed by atoms with Gasteiger partial charge in [-0.3, -0.25) is 0 Å². The standard InChI is InChI=1S/C17H25NO3/c1-17(2,3)14-6-4-13(5-7-14)12-21-16(20)18-10-8-15(19)9-11-18/h4-7,15,19H,8-12H2,1-3H3. The van der Waals surface area contributed by atoms with E-state index in [1.165, 1.54) is 5.56 Å². The maximum absolute atomic E-state index is 11.9. The summed E-state index contributed by atoms with van der Waals surface area (Å²) in [7, 11) is 0. The van der Waals surface area contributed by atoms with Crippen molar-refractivity contribution in [1.29, 1.82) is 0 Å². The molecular weight excluding hydrogens is 266 g/mol. The Hall–Kier alpha value is -1.55. The van der Waals surface area contributed by atoms with E-state index in [9.17, 15) is 9.90 Å². The molecule has 1 amide bonds. The van der Waals surface area contributed by atoms with Crippen molar-refractivity contribution >= 4 is 6.09 Å². The van der Waals surface area contributed by atoms with E-state index in [4.69, 9.17) is 4.74 Å². The summed E-state index contributed by atoms with van der Waals surface area (Å²) in [6.07, 6.45) is 0.700. The zero-order valence-electron chi connectivity index (χ0n) is 13.1. The average molecular weight is 291 g/mol. The van der Waals surface area contributed by atoms with Crippen LogP contribution in [-0.4, -0.2) is 35.3 Å². The van der Waals surface area contributed by atoms with Crippen molar-refractivity contribution in [3.63, 3.8) is 0 Å². The van der Waals surface area contributed by atoms with Crippen molar-refractivity contribution in [2.24, 2.45) is 0 Å². The van der Waals surface area contributed by atoms with E-state index in [2.05, 4.69) is 32.9 Å². The first-order valence-electron chi connectivity index (χ1n) is 7.55. The van der Waals surface area contributed by atoms with Crippen LogP contribution in [0.5, 0.6) is 0 Å². The lowest BCUT2D eigenvalue weighted by Gasteiger charge is -2.28. The molecule has 0 unspecified atom stereocenters. The van der Waals surface area contributed by atoms with Gasteiger partial charge >= 0.3 is 6.09 Å². The minimum absolute atomic E-state index is 0.129. The number of ether oxygens (including phenoxy) is 1. The molecule has 1 aliphatic rings. The minimum Gasteiger partial charge on any atom is -0.445 e. The van der Waals surface area contributed by atoms with Crippen LogP contribution in [0.3, 0.4) is 0 Å². The van der Waals surface area contributed by atoms with E-state index in [1.807, 2.05) is 12.1 Å². The Labute approximate surface area is 126 Å². The number of carbonyl (C=O) groups is 1. The Balaban J connectivity index is 1.84. The van der Waals surface area contributed by atoms with Gasteiger partial charge < -0.3 is 14.7 Å². The number of hydrogen-bond donors (Lipinski definition) is 1. The first-order valence-corrected chi connectivity index (χ1v) is 7.55. The lowest BCUT2D eigenvalue weighted by molar-refractivity contribution is 0.0560. The van der Waals surface area contributed by atoms with Crippen molar-refractivity contribution < 1.29 is 14.6 Å². The van der Waals surface area contributed by atoms with Crippen molar-refractivity contribution in [3.8, 4) is 0 Å². The zero-order valence-corrected chi connectivity index (χ0v) is 13.1. The molecule has 1 aliphatic heterocycles. The predicted octanol–water partition coefficient (Wildman–Crippen LogP) is 3.08. The van der Waals surface area contributed by atoms with Gasteiger partial charge in [-0.15, -0.1) is 0 Å². The number of aliphatic hydroxyl groups is 1. The number of nitrogens with zero attached hydrogens (tertiary/aromatic N) is 1. The van der Waals surface area contributed by atoms with Crippen molar-refractivity contribution in [3.05, 3.63) is 35.4 Å². The van der Waals surface area contributed by atoms with E-state index in [0.717, 1.165) is 5.56 Å². The molecule has 0 atom stereocenters. The normalized spacial score (nSPS) is 16.9. The van der Waals surface area contributed by atoms with Crippen molar-refractivity contribution in [2.75, 3.05) is 13.1 Å². The molecule has 4 heteroatoms. The molecule has 1 aromatic rings. The van der Waals surface area contributed by atoms with Crippen LogP contribution >= 0.6 is 0 Å². The largest absolute Gasteiger partial charge is 0.445 e. The lowest BCUT2D eigenvalue weighted by atomic mass is 9.87. The van der Waals surface area contributed by atoms with Gasteiger partial charge in [0.05, 0.1) is 6.10 Å². The number of rotatable bonds is 2. The fourth-order valence-corrected chi connectivity index (χ4v) is 2.39. The zero-order chi connectivity index (χ0) is 15.5.